The highest BCUT2D eigenvalue weighted by Crippen LogP contribution is 2.13. The first-order chi connectivity index (χ1) is 8.02. The Bertz CT molecular complexity index is 343. The van der Waals surface area contributed by atoms with Crippen LogP contribution in [0.3, 0.4) is 0 Å². The normalized spacial score (nSPS) is 12.8. The molecule has 0 rings (SSSR count). The van der Waals surface area contributed by atoms with Crippen LogP contribution in [-0.2, 0) is 9.59 Å². The highest BCUT2D eigenvalue weighted by molar-refractivity contribution is 6.26. The summed E-state index contributed by atoms with van der Waals surface area (Å²) in [6, 6.07) is 0. The standard InChI is InChI=1S/C11H16N4O2/c1-8(10(16)6-14-12)4-3-5-9(2)11(17)7-15-13/h6-9H,3-5H2,1-2H3. The van der Waals surface area contributed by atoms with Crippen molar-refractivity contribution >= 4 is 24.0 Å². The lowest BCUT2D eigenvalue weighted by Gasteiger charge is -2.07. The zero-order chi connectivity index (χ0) is 13.3. The second-order valence-corrected chi connectivity index (χ2v) is 4.03. The third-order valence-electron chi connectivity index (χ3n) is 2.62. The van der Waals surface area contributed by atoms with Crippen LogP contribution in [0.2, 0.25) is 0 Å². The molecule has 6 heteroatoms. The van der Waals surface area contributed by atoms with Gasteiger partial charge in [-0.1, -0.05) is 20.3 Å². The molecule has 0 saturated heterocycles. The van der Waals surface area contributed by atoms with Gasteiger partial charge in [0, 0.05) is 11.8 Å². The molecule has 6 nitrogen and oxygen atoms in total. The molecule has 0 N–H and O–H groups in total. The van der Waals surface area contributed by atoms with Crippen molar-refractivity contribution < 1.29 is 19.2 Å². The highest BCUT2D eigenvalue weighted by Gasteiger charge is 2.17. The van der Waals surface area contributed by atoms with Gasteiger partial charge in [0.25, 0.3) is 0 Å². The molecule has 0 aliphatic rings. The number of carbonyl (C=O) groups excluding carboxylic acids is 2. The molecular weight excluding hydrogens is 220 g/mol. The highest BCUT2D eigenvalue weighted by atomic mass is 16.1. The maximum Gasteiger partial charge on any atom is 0.323 e. The van der Waals surface area contributed by atoms with E-state index in [4.69, 9.17) is 11.1 Å². The van der Waals surface area contributed by atoms with Gasteiger partial charge in [-0.05, 0) is 12.8 Å². The molecule has 2 unspecified atom stereocenters. The molecule has 0 aromatic heterocycles. The van der Waals surface area contributed by atoms with Crippen molar-refractivity contribution in [3.63, 3.8) is 0 Å². The Kier molecular flexibility index (Phi) is 7.35. The van der Waals surface area contributed by atoms with Gasteiger partial charge >= 0.3 is 12.4 Å². The average Bonchev–Trinajstić information content (AvgIpc) is 2.29. The SMILES string of the molecule is CC(CCCC(C)C(=O)C=[N+]=[N-])C(=O)C=[N+]=[N-]. The van der Waals surface area contributed by atoms with Crippen molar-refractivity contribution in [3.05, 3.63) is 11.1 Å². The first-order valence-electron chi connectivity index (χ1n) is 5.45. The van der Waals surface area contributed by atoms with Crippen LogP contribution in [0, 0.1) is 11.8 Å². The Morgan fingerprint density at radius 3 is 1.65 bits per heavy atom. The minimum atomic E-state index is -0.233. The summed E-state index contributed by atoms with van der Waals surface area (Å²) >= 11 is 0. The van der Waals surface area contributed by atoms with Crippen molar-refractivity contribution in [2.75, 3.05) is 0 Å². The predicted molar refractivity (Wildman–Crippen MR) is 61.6 cm³/mol. The summed E-state index contributed by atoms with van der Waals surface area (Å²) in [6.45, 7) is 3.48. The second-order valence-electron chi connectivity index (χ2n) is 4.03. The molecule has 0 aromatic carbocycles. The molecule has 0 aromatic rings. The lowest BCUT2D eigenvalue weighted by Crippen LogP contribution is -2.15. The Morgan fingerprint density at radius 2 is 1.35 bits per heavy atom. The molecule has 0 saturated carbocycles. The van der Waals surface area contributed by atoms with Gasteiger partial charge in [-0.2, -0.15) is 9.58 Å². The van der Waals surface area contributed by atoms with Crippen molar-refractivity contribution in [1.29, 1.82) is 0 Å². The zero-order valence-electron chi connectivity index (χ0n) is 10.0. The monoisotopic (exact) mass is 236 g/mol. The zero-order valence-corrected chi connectivity index (χ0v) is 10.0. The third kappa shape index (κ3) is 6.30. The van der Waals surface area contributed by atoms with Crippen molar-refractivity contribution in [2.45, 2.75) is 33.1 Å². The van der Waals surface area contributed by atoms with Gasteiger partial charge in [0.1, 0.15) is 0 Å². The Morgan fingerprint density at radius 1 is 1.00 bits per heavy atom. The molecule has 17 heavy (non-hydrogen) atoms. The molecule has 92 valence electrons. The fourth-order valence-corrected chi connectivity index (χ4v) is 1.38. The Balaban J connectivity index is 3.99. The Labute approximate surface area is 99.9 Å². The first-order valence-corrected chi connectivity index (χ1v) is 5.45. The summed E-state index contributed by atoms with van der Waals surface area (Å²) in [5.74, 6) is -0.911. The molecule has 2 atom stereocenters. The summed E-state index contributed by atoms with van der Waals surface area (Å²) in [7, 11) is 0. The van der Waals surface area contributed by atoms with E-state index in [0.29, 0.717) is 19.3 Å². The molecule has 0 spiro atoms. The van der Waals surface area contributed by atoms with Crippen LogP contribution in [0.1, 0.15) is 33.1 Å². The van der Waals surface area contributed by atoms with Crippen molar-refractivity contribution in [2.24, 2.45) is 11.8 Å². The van der Waals surface area contributed by atoms with E-state index >= 15 is 0 Å². The van der Waals surface area contributed by atoms with E-state index in [9.17, 15) is 9.59 Å². The summed E-state index contributed by atoms with van der Waals surface area (Å²) in [5, 5.41) is 0. The van der Waals surface area contributed by atoms with Crippen LogP contribution in [0.4, 0.5) is 0 Å². The quantitative estimate of drug-likeness (QED) is 0.358. The van der Waals surface area contributed by atoms with Crippen LogP contribution in [-0.4, -0.2) is 33.6 Å². The molecule has 0 amide bonds. The topological polar surface area (TPSA) is 107 Å². The van der Waals surface area contributed by atoms with E-state index in [0.717, 1.165) is 12.4 Å². The summed E-state index contributed by atoms with van der Waals surface area (Å²) in [4.78, 5) is 27.8. The van der Waals surface area contributed by atoms with E-state index < -0.39 is 0 Å². The number of ketones is 2. The summed E-state index contributed by atoms with van der Waals surface area (Å²) in [5.41, 5.74) is 16.4. The minimum absolute atomic E-state index is 0.222. The van der Waals surface area contributed by atoms with Crippen LogP contribution in [0.25, 0.3) is 11.1 Å². The van der Waals surface area contributed by atoms with Gasteiger partial charge in [0.05, 0.1) is 0 Å². The van der Waals surface area contributed by atoms with Gasteiger partial charge in [-0.25, -0.2) is 0 Å². The molecule has 0 aliphatic heterocycles. The molecular formula is C11H16N4O2. The number of hydrogen-bond acceptors (Lipinski definition) is 2. The molecule has 0 bridgehead atoms. The number of rotatable bonds is 8. The third-order valence-corrected chi connectivity index (χ3v) is 2.62. The molecule has 0 aliphatic carbocycles. The van der Waals surface area contributed by atoms with Gasteiger partial charge in [0.15, 0.2) is 0 Å². The van der Waals surface area contributed by atoms with Crippen LogP contribution in [0.15, 0.2) is 0 Å². The lowest BCUT2D eigenvalue weighted by molar-refractivity contribution is -0.119. The first kappa shape index (κ1) is 15.1. The molecule has 0 radical (unpaired) electrons. The number of nitrogens with zero attached hydrogens (tertiary/aromatic N) is 4. The summed E-state index contributed by atoms with van der Waals surface area (Å²) < 4.78 is 0. The van der Waals surface area contributed by atoms with Crippen molar-refractivity contribution in [1.82, 2.24) is 0 Å². The molecule has 0 fully saturated rings. The maximum absolute atomic E-state index is 11.2. The van der Waals surface area contributed by atoms with E-state index in [2.05, 4.69) is 9.58 Å². The van der Waals surface area contributed by atoms with Crippen LogP contribution < -0.4 is 0 Å². The van der Waals surface area contributed by atoms with E-state index in [-0.39, 0.29) is 23.4 Å². The fourth-order valence-electron chi connectivity index (χ4n) is 1.38. The smallest absolute Gasteiger partial charge is 0.323 e. The minimum Gasteiger partial charge on any atom is -0.361 e. The van der Waals surface area contributed by atoms with E-state index in [1.807, 2.05) is 0 Å². The van der Waals surface area contributed by atoms with Gasteiger partial charge < -0.3 is 11.1 Å². The van der Waals surface area contributed by atoms with Gasteiger partial charge in [0.2, 0.25) is 11.6 Å². The number of carbonyl (C=O) groups is 2. The van der Waals surface area contributed by atoms with Crippen LogP contribution >= 0.6 is 0 Å². The Hall–Kier alpha value is -1.90. The largest absolute Gasteiger partial charge is 0.361 e. The number of Topliss-reactive ketones (excluding diaryl/α,β-unsaturated/α-hetero) is 2. The van der Waals surface area contributed by atoms with E-state index in [1.165, 1.54) is 0 Å². The average molecular weight is 236 g/mol. The van der Waals surface area contributed by atoms with Crippen LogP contribution in [0.5, 0.6) is 0 Å². The van der Waals surface area contributed by atoms with Gasteiger partial charge in [-0.3, -0.25) is 9.59 Å². The number of hydrogen-bond donors (Lipinski definition) is 0. The lowest BCUT2D eigenvalue weighted by atomic mass is 9.94. The fraction of sp³-hybridized carbons (Fsp3) is 0.636. The summed E-state index contributed by atoms with van der Waals surface area (Å²) in [6.07, 6.45) is 3.73. The van der Waals surface area contributed by atoms with Gasteiger partial charge in [-0.15, -0.1) is 0 Å². The van der Waals surface area contributed by atoms with Crippen molar-refractivity contribution in [3.8, 4) is 0 Å². The van der Waals surface area contributed by atoms with E-state index in [1.54, 1.807) is 13.8 Å². The molecule has 0 heterocycles. The second kappa shape index (κ2) is 8.28. The maximum atomic E-state index is 11.2. The predicted octanol–water partition coefficient (Wildman–Crippen LogP) is 1.17.